The molecule has 0 spiro atoms. The van der Waals surface area contributed by atoms with Gasteiger partial charge in [-0.2, -0.15) is 0 Å². The maximum absolute atomic E-state index is 5.64. The van der Waals surface area contributed by atoms with Crippen LogP contribution in [0.15, 0.2) is 35.1 Å². The monoisotopic (exact) mass is 324 g/mol. The number of hydrazine groups is 1. The van der Waals surface area contributed by atoms with Gasteiger partial charge in [-0.15, -0.1) is 0 Å². The highest BCUT2D eigenvalue weighted by Gasteiger charge is 2.15. The SMILES string of the molecule is COc1ccc(CC(NN)c2nccn2C)cc1Br. The molecule has 0 saturated carbocycles. The number of nitrogens with zero attached hydrogens (tertiary/aromatic N) is 2. The van der Waals surface area contributed by atoms with Crippen LogP contribution >= 0.6 is 15.9 Å². The Morgan fingerprint density at radius 2 is 2.32 bits per heavy atom. The molecule has 0 fully saturated rings. The van der Waals surface area contributed by atoms with Crippen LogP contribution in [0.25, 0.3) is 0 Å². The number of halogens is 1. The van der Waals surface area contributed by atoms with Crippen LogP contribution in [0.2, 0.25) is 0 Å². The first-order valence-electron chi connectivity index (χ1n) is 5.91. The minimum absolute atomic E-state index is 0.0275. The van der Waals surface area contributed by atoms with E-state index in [9.17, 15) is 0 Å². The average molecular weight is 325 g/mol. The fourth-order valence-electron chi connectivity index (χ4n) is 2.01. The Bertz CT molecular complexity index is 555. The van der Waals surface area contributed by atoms with Gasteiger partial charge in [0.15, 0.2) is 0 Å². The summed E-state index contributed by atoms with van der Waals surface area (Å²) < 4.78 is 8.11. The van der Waals surface area contributed by atoms with Crippen LogP contribution in [-0.2, 0) is 13.5 Å². The number of hydrogen-bond acceptors (Lipinski definition) is 4. The molecule has 102 valence electrons. The summed E-state index contributed by atoms with van der Waals surface area (Å²) in [6.45, 7) is 0. The highest BCUT2D eigenvalue weighted by Crippen LogP contribution is 2.27. The van der Waals surface area contributed by atoms with E-state index >= 15 is 0 Å². The Kier molecular flexibility index (Phi) is 4.57. The van der Waals surface area contributed by atoms with Gasteiger partial charge in [0.25, 0.3) is 0 Å². The number of imidazole rings is 1. The minimum atomic E-state index is -0.0275. The minimum Gasteiger partial charge on any atom is -0.496 e. The number of aromatic nitrogens is 2. The molecule has 0 amide bonds. The van der Waals surface area contributed by atoms with Crippen LogP contribution < -0.4 is 16.0 Å². The lowest BCUT2D eigenvalue weighted by atomic mass is 10.1. The van der Waals surface area contributed by atoms with Gasteiger partial charge in [0.05, 0.1) is 17.6 Å². The molecule has 0 aliphatic carbocycles. The molecule has 1 atom stereocenters. The molecule has 3 N–H and O–H groups in total. The lowest BCUT2D eigenvalue weighted by Gasteiger charge is -2.16. The molecule has 6 heteroatoms. The van der Waals surface area contributed by atoms with Crippen molar-refractivity contribution >= 4 is 15.9 Å². The second kappa shape index (κ2) is 6.18. The average Bonchev–Trinajstić information content (AvgIpc) is 2.82. The first kappa shape index (κ1) is 14.0. The van der Waals surface area contributed by atoms with Crippen molar-refractivity contribution in [3.8, 4) is 5.75 Å². The maximum atomic E-state index is 5.64. The highest BCUT2D eigenvalue weighted by molar-refractivity contribution is 9.10. The topological polar surface area (TPSA) is 65.1 Å². The highest BCUT2D eigenvalue weighted by atomic mass is 79.9. The van der Waals surface area contributed by atoms with Crippen molar-refractivity contribution in [3.63, 3.8) is 0 Å². The lowest BCUT2D eigenvalue weighted by molar-refractivity contribution is 0.411. The maximum Gasteiger partial charge on any atom is 0.133 e. The molecular weight excluding hydrogens is 308 g/mol. The molecule has 2 rings (SSSR count). The van der Waals surface area contributed by atoms with E-state index in [1.807, 2.05) is 36.0 Å². The number of aryl methyl sites for hydroxylation is 1. The van der Waals surface area contributed by atoms with Crippen LogP contribution in [0.5, 0.6) is 5.75 Å². The van der Waals surface area contributed by atoms with Crippen molar-refractivity contribution in [1.29, 1.82) is 0 Å². The van der Waals surface area contributed by atoms with Gasteiger partial charge in [-0.1, -0.05) is 6.07 Å². The van der Waals surface area contributed by atoms with E-state index in [0.717, 1.165) is 28.0 Å². The largest absolute Gasteiger partial charge is 0.496 e. The van der Waals surface area contributed by atoms with E-state index < -0.39 is 0 Å². The first-order chi connectivity index (χ1) is 9.15. The molecular formula is C13H17BrN4O. The Labute approximate surface area is 120 Å². The summed E-state index contributed by atoms with van der Waals surface area (Å²) in [5.74, 6) is 7.36. The van der Waals surface area contributed by atoms with Gasteiger partial charge in [0.1, 0.15) is 11.6 Å². The molecule has 1 unspecified atom stereocenters. The van der Waals surface area contributed by atoms with Crippen LogP contribution in [0, 0.1) is 0 Å². The fraction of sp³-hybridized carbons (Fsp3) is 0.308. The quantitative estimate of drug-likeness (QED) is 0.651. The summed E-state index contributed by atoms with van der Waals surface area (Å²) in [5.41, 5.74) is 3.96. The van der Waals surface area contributed by atoms with Gasteiger partial charge in [-0.3, -0.25) is 5.84 Å². The third-order valence-corrected chi connectivity index (χ3v) is 3.65. The van der Waals surface area contributed by atoms with Gasteiger partial charge in [-0.25, -0.2) is 10.4 Å². The standard InChI is InChI=1S/C13H17BrN4O/c1-18-6-5-16-13(18)11(17-15)8-9-3-4-12(19-2)10(14)7-9/h3-7,11,17H,8,15H2,1-2H3. The lowest BCUT2D eigenvalue weighted by Crippen LogP contribution is -2.31. The van der Waals surface area contributed by atoms with Crippen molar-refractivity contribution in [2.45, 2.75) is 12.5 Å². The van der Waals surface area contributed by atoms with E-state index in [0.29, 0.717) is 0 Å². The van der Waals surface area contributed by atoms with Gasteiger partial charge in [-0.05, 0) is 40.0 Å². The number of ether oxygens (including phenoxy) is 1. The summed E-state index contributed by atoms with van der Waals surface area (Å²) in [5, 5.41) is 0. The third kappa shape index (κ3) is 3.15. The molecule has 1 aromatic heterocycles. The van der Waals surface area contributed by atoms with Crippen LogP contribution in [0.3, 0.4) is 0 Å². The zero-order valence-corrected chi connectivity index (χ0v) is 12.5. The van der Waals surface area contributed by atoms with Crippen LogP contribution in [-0.4, -0.2) is 16.7 Å². The van der Waals surface area contributed by atoms with Crippen molar-refractivity contribution in [1.82, 2.24) is 15.0 Å². The third-order valence-electron chi connectivity index (χ3n) is 3.03. The van der Waals surface area contributed by atoms with E-state index in [-0.39, 0.29) is 6.04 Å². The van der Waals surface area contributed by atoms with E-state index in [1.165, 1.54) is 0 Å². The number of nitrogens with two attached hydrogens (primary N) is 1. The predicted molar refractivity (Wildman–Crippen MR) is 77.7 cm³/mol. The Morgan fingerprint density at radius 1 is 1.53 bits per heavy atom. The molecule has 0 saturated heterocycles. The zero-order chi connectivity index (χ0) is 13.8. The summed E-state index contributed by atoms with van der Waals surface area (Å²) in [4.78, 5) is 4.32. The van der Waals surface area contributed by atoms with Crippen molar-refractivity contribution < 1.29 is 4.74 Å². The van der Waals surface area contributed by atoms with E-state index in [4.69, 9.17) is 10.6 Å². The summed E-state index contributed by atoms with van der Waals surface area (Å²) in [7, 11) is 3.61. The smallest absolute Gasteiger partial charge is 0.133 e. The van der Waals surface area contributed by atoms with E-state index in [1.54, 1.807) is 13.3 Å². The van der Waals surface area contributed by atoms with Crippen LogP contribution in [0.4, 0.5) is 0 Å². The zero-order valence-electron chi connectivity index (χ0n) is 10.9. The number of hydrogen-bond donors (Lipinski definition) is 2. The molecule has 2 aromatic rings. The van der Waals surface area contributed by atoms with Gasteiger partial charge >= 0.3 is 0 Å². The van der Waals surface area contributed by atoms with Gasteiger partial charge < -0.3 is 9.30 Å². The molecule has 0 aliphatic heterocycles. The Hall–Kier alpha value is -1.37. The number of rotatable bonds is 5. The number of nitrogens with one attached hydrogen (secondary N) is 1. The molecule has 0 bridgehead atoms. The summed E-state index contributed by atoms with van der Waals surface area (Å²) in [6, 6.07) is 5.97. The van der Waals surface area contributed by atoms with Crippen molar-refractivity contribution in [2.75, 3.05) is 7.11 Å². The normalized spacial score (nSPS) is 12.4. The first-order valence-corrected chi connectivity index (χ1v) is 6.70. The molecule has 1 aromatic carbocycles. The molecule has 0 aliphatic rings. The van der Waals surface area contributed by atoms with Gasteiger partial charge in [0.2, 0.25) is 0 Å². The Morgan fingerprint density at radius 3 is 2.84 bits per heavy atom. The second-order valence-electron chi connectivity index (χ2n) is 4.29. The van der Waals surface area contributed by atoms with Gasteiger partial charge in [0, 0.05) is 19.4 Å². The predicted octanol–water partition coefficient (Wildman–Crippen LogP) is 1.94. The number of benzene rings is 1. The molecule has 19 heavy (non-hydrogen) atoms. The Balaban J connectivity index is 2.19. The number of methoxy groups -OCH3 is 1. The fourth-order valence-corrected chi connectivity index (χ4v) is 2.60. The van der Waals surface area contributed by atoms with Crippen molar-refractivity contribution in [3.05, 3.63) is 46.5 Å². The molecule has 0 radical (unpaired) electrons. The molecule has 1 heterocycles. The van der Waals surface area contributed by atoms with Crippen molar-refractivity contribution in [2.24, 2.45) is 12.9 Å². The van der Waals surface area contributed by atoms with E-state index in [2.05, 4.69) is 26.3 Å². The summed E-state index contributed by atoms with van der Waals surface area (Å²) >= 11 is 3.48. The van der Waals surface area contributed by atoms with Crippen LogP contribution in [0.1, 0.15) is 17.4 Å². The molecule has 5 nitrogen and oxygen atoms in total. The second-order valence-corrected chi connectivity index (χ2v) is 5.14. The summed E-state index contributed by atoms with van der Waals surface area (Å²) in [6.07, 6.45) is 4.43.